The Labute approximate surface area is 202 Å². The van der Waals surface area contributed by atoms with Crippen LogP contribution in [0.2, 0.25) is 0 Å². The first-order valence-electron chi connectivity index (χ1n) is 10.4. The van der Waals surface area contributed by atoms with Crippen LogP contribution in [-0.2, 0) is 4.74 Å². The van der Waals surface area contributed by atoms with Crippen molar-refractivity contribution in [1.29, 1.82) is 0 Å². The van der Waals surface area contributed by atoms with Crippen molar-refractivity contribution in [2.75, 3.05) is 26.1 Å². The Morgan fingerprint density at radius 1 is 1.09 bits per heavy atom. The molecule has 0 bridgehead atoms. The van der Waals surface area contributed by atoms with Gasteiger partial charge in [-0.2, -0.15) is 9.78 Å². The highest BCUT2D eigenvalue weighted by atomic mass is 32.1. The van der Waals surface area contributed by atoms with E-state index in [1.165, 1.54) is 50.6 Å². The molecule has 4 aromatic rings. The van der Waals surface area contributed by atoms with E-state index >= 15 is 0 Å². The molecule has 2 heterocycles. The predicted molar refractivity (Wildman–Crippen MR) is 129 cm³/mol. The Balaban J connectivity index is 1.85. The van der Waals surface area contributed by atoms with Crippen LogP contribution in [-0.4, -0.2) is 42.5 Å². The molecule has 11 heteroatoms. The fourth-order valence-corrected chi connectivity index (χ4v) is 4.29. The number of hydrogen-bond donors (Lipinski definition) is 1. The van der Waals surface area contributed by atoms with Crippen LogP contribution in [0.1, 0.15) is 27.8 Å². The average Bonchev–Trinajstić information content (AvgIpc) is 3.28. The maximum Gasteiger partial charge on any atom is 0.359 e. The first kappa shape index (κ1) is 23.9. The summed E-state index contributed by atoms with van der Waals surface area (Å²) in [6.07, 6.45) is 0. The molecule has 35 heavy (non-hydrogen) atoms. The molecule has 4 rings (SSSR count). The highest BCUT2D eigenvalue weighted by Crippen LogP contribution is 2.32. The van der Waals surface area contributed by atoms with Gasteiger partial charge in [0.25, 0.3) is 11.5 Å². The van der Waals surface area contributed by atoms with Crippen LogP contribution < -0.4 is 20.3 Å². The molecule has 2 aromatic heterocycles. The van der Waals surface area contributed by atoms with Gasteiger partial charge in [-0.3, -0.25) is 9.59 Å². The Morgan fingerprint density at radius 2 is 1.74 bits per heavy atom. The minimum absolute atomic E-state index is 0.0700. The van der Waals surface area contributed by atoms with Gasteiger partial charge in [-0.1, -0.05) is 0 Å². The van der Waals surface area contributed by atoms with Crippen LogP contribution in [0.5, 0.6) is 11.5 Å². The van der Waals surface area contributed by atoms with Gasteiger partial charge >= 0.3 is 5.97 Å². The van der Waals surface area contributed by atoms with Crippen LogP contribution in [0.15, 0.2) is 52.6 Å². The smallest absolute Gasteiger partial charge is 0.359 e. The number of carbonyl (C=O) groups is 2. The van der Waals surface area contributed by atoms with Crippen molar-refractivity contribution < 1.29 is 28.2 Å². The molecule has 0 aliphatic rings. The zero-order valence-electron chi connectivity index (χ0n) is 19.0. The molecule has 0 radical (unpaired) electrons. The number of amides is 1. The van der Waals surface area contributed by atoms with Crippen LogP contribution >= 0.6 is 11.3 Å². The third kappa shape index (κ3) is 4.71. The fraction of sp³-hybridized carbons (Fsp3) is 0.167. The van der Waals surface area contributed by atoms with Crippen molar-refractivity contribution in [2.24, 2.45) is 0 Å². The molecule has 2 aromatic carbocycles. The van der Waals surface area contributed by atoms with Crippen molar-refractivity contribution in [1.82, 2.24) is 9.78 Å². The number of nitrogens with one attached hydrogen (secondary N) is 1. The minimum Gasteiger partial charge on any atom is -0.497 e. The SMILES string of the molecule is CCOC(=O)c1nn(-c2ccc(F)cc2)c(=O)c2c(NC(=O)c3cc(OC)cc(OC)c3)scc12. The van der Waals surface area contributed by atoms with Crippen molar-refractivity contribution >= 4 is 39.0 Å². The Hall–Kier alpha value is -4.25. The molecule has 0 atom stereocenters. The zero-order chi connectivity index (χ0) is 25.1. The van der Waals surface area contributed by atoms with Crippen LogP contribution in [0, 0.1) is 5.82 Å². The second kappa shape index (κ2) is 9.94. The van der Waals surface area contributed by atoms with E-state index in [2.05, 4.69) is 10.4 Å². The summed E-state index contributed by atoms with van der Waals surface area (Å²) in [5.41, 5.74) is -0.226. The molecule has 0 aliphatic carbocycles. The first-order valence-corrected chi connectivity index (χ1v) is 11.3. The highest BCUT2D eigenvalue weighted by Gasteiger charge is 2.23. The third-order valence-corrected chi connectivity index (χ3v) is 5.93. The lowest BCUT2D eigenvalue weighted by Crippen LogP contribution is -2.25. The number of thiophene rings is 1. The van der Waals surface area contributed by atoms with E-state index in [9.17, 15) is 18.8 Å². The molecule has 0 aliphatic heterocycles. The van der Waals surface area contributed by atoms with Crippen molar-refractivity contribution in [3.05, 3.63) is 75.3 Å². The predicted octanol–water partition coefficient (Wildman–Crippen LogP) is 4.03. The number of halogens is 1. The Kier molecular flexibility index (Phi) is 6.78. The van der Waals surface area contributed by atoms with Crippen molar-refractivity contribution in [3.63, 3.8) is 0 Å². The van der Waals surface area contributed by atoms with Gasteiger partial charge in [-0.25, -0.2) is 9.18 Å². The summed E-state index contributed by atoms with van der Waals surface area (Å²) in [6, 6.07) is 9.73. The summed E-state index contributed by atoms with van der Waals surface area (Å²) < 4.78 is 30.0. The maximum atomic E-state index is 13.4. The number of fused-ring (bicyclic) bond motifs is 1. The van der Waals surface area contributed by atoms with E-state index in [4.69, 9.17) is 14.2 Å². The molecule has 0 saturated heterocycles. The molecule has 0 saturated carbocycles. The van der Waals surface area contributed by atoms with Crippen molar-refractivity contribution in [3.8, 4) is 17.2 Å². The lowest BCUT2D eigenvalue weighted by atomic mass is 10.1. The molecular formula is C24H20FN3O6S. The number of methoxy groups -OCH3 is 2. The number of esters is 1. The van der Waals surface area contributed by atoms with E-state index in [1.807, 2.05) is 0 Å². The second-order valence-corrected chi connectivity index (χ2v) is 8.05. The molecule has 180 valence electrons. The normalized spacial score (nSPS) is 10.7. The van der Waals surface area contributed by atoms with Crippen LogP contribution in [0.4, 0.5) is 9.39 Å². The third-order valence-electron chi connectivity index (χ3n) is 5.03. The maximum absolute atomic E-state index is 13.4. The number of anilines is 1. The molecule has 0 unspecified atom stereocenters. The molecule has 1 amide bonds. The molecule has 1 N–H and O–H groups in total. The highest BCUT2D eigenvalue weighted by molar-refractivity contribution is 7.16. The lowest BCUT2D eigenvalue weighted by Gasteiger charge is -2.11. The average molecular weight is 498 g/mol. The topological polar surface area (TPSA) is 109 Å². The van der Waals surface area contributed by atoms with Gasteiger partial charge in [0.1, 0.15) is 22.3 Å². The van der Waals surface area contributed by atoms with Crippen LogP contribution in [0.25, 0.3) is 16.5 Å². The lowest BCUT2D eigenvalue weighted by molar-refractivity contribution is 0.0520. The summed E-state index contributed by atoms with van der Waals surface area (Å²) in [7, 11) is 2.93. The fourth-order valence-electron chi connectivity index (χ4n) is 3.36. The Morgan fingerprint density at radius 3 is 2.34 bits per heavy atom. The summed E-state index contributed by atoms with van der Waals surface area (Å²) in [5.74, 6) is -0.920. The van der Waals surface area contributed by atoms with Gasteiger partial charge in [-0.05, 0) is 43.3 Å². The number of aromatic nitrogens is 2. The quantitative estimate of drug-likeness (QED) is 0.384. The summed E-state index contributed by atoms with van der Waals surface area (Å²) in [5, 5.41) is 8.97. The summed E-state index contributed by atoms with van der Waals surface area (Å²) in [4.78, 5) is 39.1. The summed E-state index contributed by atoms with van der Waals surface area (Å²) >= 11 is 1.06. The van der Waals surface area contributed by atoms with Crippen molar-refractivity contribution in [2.45, 2.75) is 6.92 Å². The number of nitrogens with zero attached hydrogens (tertiary/aromatic N) is 2. The van der Waals surface area contributed by atoms with E-state index < -0.39 is 23.3 Å². The Bertz CT molecular complexity index is 1460. The standard InChI is InChI=1S/C24H20FN3O6S/c1-4-34-24(31)20-18-12-35-22(26-21(29)13-9-16(32-2)11-17(10-13)33-3)19(18)23(30)28(27-20)15-7-5-14(25)6-8-15/h5-12H,4H2,1-3H3,(H,26,29). The van der Waals surface area contributed by atoms with Gasteiger partial charge in [0.05, 0.1) is 31.9 Å². The molecule has 9 nitrogen and oxygen atoms in total. The zero-order valence-corrected chi connectivity index (χ0v) is 19.8. The van der Waals surface area contributed by atoms with Crippen LogP contribution in [0.3, 0.4) is 0 Å². The molecule has 0 fully saturated rings. The number of carbonyl (C=O) groups excluding carboxylic acids is 2. The second-order valence-electron chi connectivity index (χ2n) is 7.17. The molecule has 0 spiro atoms. The first-order chi connectivity index (χ1) is 16.9. The van der Waals surface area contributed by atoms with E-state index in [0.29, 0.717) is 11.5 Å². The van der Waals surface area contributed by atoms with E-state index in [-0.39, 0.29) is 39.3 Å². The number of benzene rings is 2. The monoisotopic (exact) mass is 497 g/mol. The van der Waals surface area contributed by atoms with Gasteiger partial charge in [0, 0.05) is 22.4 Å². The summed E-state index contributed by atoms with van der Waals surface area (Å²) in [6.45, 7) is 1.75. The van der Waals surface area contributed by atoms with Gasteiger partial charge in [-0.15, -0.1) is 11.3 Å². The van der Waals surface area contributed by atoms with Gasteiger partial charge in [0.15, 0.2) is 5.69 Å². The number of hydrogen-bond acceptors (Lipinski definition) is 8. The largest absolute Gasteiger partial charge is 0.497 e. The van der Waals surface area contributed by atoms with E-state index in [1.54, 1.807) is 18.4 Å². The number of rotatable bonds is 7. The van der Waals surface area contributed by atoms with Gasteiger partial charge in [0.2, 0.25) is 0 Å². The number of ether oxygens (including phenoxy) is 3. The molecular weight excluding hydrogens is 477 g/mol. The van der Waals surface area contributed by atoms with E-state index in [0.717, 1.165) is 16.0 Å². The van der Waals surface area contributed by atoms with Gasteiger partial charge < -0.3 is 19.5 Å². The minimum atomic E-state index is -0.735.